The standard InChI is InChI=1S/C17H25NO/c1-11(2)12(3)10-18-14(5)17-13(4)15-8-6-7-9-16(15)19-17/h6-9,11-12,14,18H,10H2,1-5H3. The Kier molecular flexibility index (Phi) is 4.31. The summed E-state index contributed by atoms with van der Waals surface area (Å²) in [6.45, 7) is 12.2. The summed E-state index contributed by atoms with van der Waals surface area (Å²) in [5.74, 6) is 2.45. The van der Waals surface area contributed by atoms with Crippen molar-refractivity contribution in [3.63, 3.8) is 0 Å². The number of fused-ring (bicyclic) bond motifs is 1. The minimum Gasteiger partial charge on any atom is -0.459 e. The first-order valence-corrected chi connectivity index (χ1v) is 7.22. The van der Waals surface area contributed by atoms with Crippen molar-refractivity contribution in [2.75, 3.05) is 6.54 Å². The zero-order chi connectivity index (χ0) is 14.0. The van der Waals surface area contributed by atoms with Crippen molar-refractivity contribution in [1.29, 1.82) is 0 Å². The van der Waals surface area contributed by atoms with E-state index in [4.69, 9.17) is 4.42 Å². The summed E-state index contributed by atoms with van der Waals surface area (Å²) in [6.07, 6.45) is 0. The molecule has 0 radical (unpaired) electrons. The quantitative estimate of drug-likeness (QED) is 0.843. The number of nitrogens with one attached hydrogen (secondary N) is 1. The molecule has 2 unspecified atom stereocenters. The Morgan fingerprint density at radius 3 is 2.42 bits per heavy atom. The van der Waals surface area contributed by atoms with Crippen LogP contribution in [0.1, 0.15) is 45.1 Å². The second-order valence-corrected chi connectivity index (χ2v) is 5.94. The second-order valence-electron chi connectivity index (χ2n) is 5.94. The van der Waals surface area contributed by atoms with Crippen molar-refractivity contribution in [3.05, 3.63) is 35.6 Å². The lowest BCUT2D eigenvalue weighted by Gasteiger charge is -2.19. The van der Waals surface area contributed by atoms with Gasteiger partial charge in [0.1, 0.15) is 11.3 Å². The van der Waals surface area contributed by atoms with Crippen LogP contribution in [-0.4, -0.2) is 6.54 Å². The van der Waals surface area contributed by atoms with Gasteiger partial charge in [-0.2, -0.15) is 0 Å². The summed E-state index contributed by atoms with van der Waals surface area (Å²) >= 11 is 0. The smallest absolute Gasteiger partial charge is 0.134 e. The topological polar surface area (TPSA) is 25.2 Å². The van der Waals surface area contributed by atoms with Crippen LogP contribution < -0.4 is 5.32 Å². The third-order valence-electron chi connectivity index (χ3n) is 4.16. The van der Waals surface area contributed by atoms with Gasteiger partial charge < -0.3 is 9.73 Å². The van der Waals surface area contributed by atoms with Crippen molar-refractivity contribution in [2.24, 2.45) is 11.8 Å². The lowest BCUT2D eigenvalue weighted by atomic mass is 9.98. The largest absolute Gasteiger partial charge is 0.459 e. The highest BCUT2D eigenvalue weighted by atomic mass is 16.3. The van der Waals surface area contributed by atoms with Gasteiger partial charge in [-0.05, 0) is 43.9 Å². The van der Waals surface area contributed by atoms with Crippen LogP contribution in [0.2, 0.25) is 0 Å². The summed E-state index contributed by atoms with van der Waals surface area (Å²) in [5, 5.41) is 4.81. The van der Waals surface area contributed by atoms with Gasteiger partial charge in [-0.1, -0.05) is 39.0 Å². The third kappa shape index (κ3) is 3.01. The third-order valence-corrected chi connectivity index (χ3v) is 4.16. The second kappa shape index (κ2) is 5.79. The number of benzene rings is 1. The minimum absolute atomic E-state index is 0.258. The number of hydrogen-bond acceptors (Lipinski definition) is 2. The van der Waals surface area contributed by atoms with E-state index in [-0.39, 0.29) is 6.04 Å². The van der Waals surface area contributed by atoms with Gasteiger partial charge in [-0.3, -0.25) is 0 Å². The average molecular weight is 259 g/mol. The molecule has 0 bridgehead atoms. The molecule has 0 aliphatic heterocycles. The van der Waals surface area contributed by atoms with Gasteiger partial charge in [0, 0.05) is 5.39 Å². The van der Waals surface area contributed by atoms with Gasteiger partial charge in [-0.15, -0.1) is 0 Å². The van der Waals surface area contributed by atoms with Crippen LogP contribution in [0.3, 0.4) is 0 Å². The molecule has 2 rings (SSSR count). The monoisotopic (exact) mass is 259 g/mol. The van der Waals surface area contributed by atoms with Crippen molar-refractivity contribution in [3.8, 4) is 0 Å². The first-order valence-electron chi connectivity index (χ1n) is 7.22. The maximum atomic E-state index is 5.99. The zero-order valence-electron chi connectivity index (χ0n) is 12.7. The average Bonchev–Trinajstić information content (AvgIpc) is 2.73. The summed E-state index contributed by atoms with van der Waals surface area (Å²) in [4.78, 5) is 0. The lowest BCUT2D eigenvalue weighted by Crippen LogP contribution is -2.26. The van der Waals surface area contributed by atoms with E-state index < -0.39 is 0 Å². The van der Waals surface area contributed by atoms with E-state index in [1.807, 2.05) is 12.1 Å². The number of rotatable bonds is 5. The van der Waals surface area contributed by atoms with Crippen molar-refractivity contribution >= 4 is 11.0 Å². The summed E-state index contributed by atoms with van der Waals surface area (Å²) in [7, 11) is 0. The van der Waals surface area contributed by atoms with Crippen molar-refractivity contribution in [1.82, 2.24) is 5.32 Å². The molecule has 2 aromatic rings. The molecule has 1 N–H and O–H groups in total. The van der Waals surface area contributed by atoms with E-state index >= 15 is 0 Å². The van der Waals surface area contributed by atoms with E-state index in [9.17, 15) is 0 Å². The SMILES string of the molecule is Cc1c(C(C)NCC(C)C(C)C)oc2ccccc12. The molecule has 0 aliphatic rings. The number of hydrogen-bond donors (Lipinski definition) is 1. The number of para-hydroxylation sites is 1. The lowest BCUT2D eigenvalue weighted by molar-refractivity contribution is 0.357. The molecule has 0 saturated heterocycles. The highest BCUT2D eigenvalue weighted by Gasteiger charge is 2.17. The molecule has 1 aromatic carbocycles. The molecular weight excluding hydrogens is 234 g/mol. The predicted molar refractivity (Wildman–Crippen MR) is 81.4 cm³/mol. The Hall–Kier alpha value is -1.28. The minimum atomic E-state index is 0.258. The fraction of sp³-hybridized carbons (Fsp3) is 0.529. The summed E-state index contributed by atoms with van der Waals surface area (Å²) in [6, 6.07) is 8.51. The van der Waals surface area contributed by atoms with Crippen LogP contribution in [0.25, 0.3) is 11.0 Å². The molecular formula is C17H25NO. The van der Waals surface area contributed by atoms with Crippen molar-refractivity contribution < 1.29 is 4.42 Å². The molecule has 2 atom stereocenters. The molecule has 2 heteroatoms. The molecule has 1 heterocycles. The maximum absolute atomic E-state index is 5.99. The Morgan fingerprint density at radius 1 is 1.11 bits per heavy atom. The van der Waals surface area contributed by atoms with Crippen LogP contribution in [0.5, 0.6) is 0 Å². The van der Waals surface area contributed by atoms with Gasteiger partial charge in [0.15, 0.2) is 0 Å². The van der Waals surface area contributed by atoms with Gasteiger partial charge >= 0.3 is 0 Å². The Balaban J connectivity index is 2.13. The van der Waals surface area contributed by atoms with Gasteiger partial charge in [0.25, 0.3) is 0 Å². The van der Waals surface area contributed by atoms with Gasteiger partial charge in [0.2, 0.25) is 0 Å². The van der Waals surface area contributed by atoms with Gasteiger partial charge in [-0.25, -0.2) is 0 Å². The van der Waals surface area contributed by atoms with Gasteiger partial charge in [0.05, 0.1) is 6.04 Å². The summed E-state index contributed by atoms with van der Waals surface area (Å²) in [5.41, 5.74) is 2.24. The molecule has 1 aromatic heterocycles. The molecule has 19 heavy (non-hydrogen) atoms. The first-order chi connectivity index (χ1) is 9.00. The van der Waals surface area contributed by atoms with E-state index in [2.05, 4.69) is 52.1 Å². The Labute approximate surface area is 116 Å². The van der Waals surface area contributed by atoms with E-state index in [0.29, 0.717) is 11.8 Å². The highest BCUT2D eigenvalue weighted by Crippen LogP contribution is 2.29. The highest BCUT2D eigenvalue weighted by molar-refractivity contribution is 5.82. The van der Waals surface area contributed by atoms with Crippen LogP contribution in [0.15, 0.2) is 28.7 Å². The molecule has 0 aliphatic carbocycles. The van der Waals surface area contributed by atoms with E-state index in [0.717, 1.165) is 17.9 Å². The Morgan fingerprint density at radius 2 is 1.79 bits per heavy atom. The van der Waals surface area contributed by atoms with Crippen LogP contribution in [0, 0.1) is 18.8 Å². The number of aryl methyl sites for hydroxylation is 1. The molecule has 0 fully saturated rings. The zero-order valence-corrected chi connectivity index (χ0v) is 12.7. The fourth-order valence-corrected chi connectivity index (χ4v) is 2.30. The number of furan rings is 1. The molecule has 2 nitrogen and oxygen atoms in total. The van der Waals surface area contributed by atoms with Crippen molar-refractivity contribution in [2.45, 2.75) is 40.7 Å². The van der Waals surface area contributed by atoms with Crippen LogP contribution >= 0.6 is 0 Å². The van der Waals surface area contributed by atoms with Crippen LogP contribution in [0.4, 0.5) is 0 Å². The fourth-order valence-electron chi connectivity index (χ4n) is 2.30. The normalized spacial score (nSPS) is 15.1. The predicted octanol–water partition coefficient (Wildman–Crippen LogP) is 4.68. The molecule has 0 saturated carbocycles. The summed E-state index contributed by atoms with van der Waals surface area (Å²) < 4.78 is 5.99. The van der Waals surface area contributed by atoms with E-state index in [1.165, 1.54) is 10.9 Å². The van der Waals surface area contributed by atoms with Crippen LogP contribution in [-0.2, 0) is 0 Å². The first kappa shape index (κ1) is 14.1. The maximum Gasteiger partial charge on any atom is 0.134 e. The molecule has 104 valence electrons. The van der Waals surface area contributed by atoms with E-state index in [1.54, 1.807) is 0 Å². The molecule has 0 spiro atoms. The molecule has 0 amide bonds. The Bertz CT molecular complexity index is 541.